The maximum Gasteiger partial charge on any atom is 0.217 e. The Hall–Kier alpha value is -1.38. The Balaban J connectivity index is 2.26. The van der Waals surface area contributed by atoms with Gasteiger partial charge in [0.1, 0.15) is 0 Å². The van der Waals surface area contributed by atoms with Crippen LogP contribution in [-0.4, -0.2) is 11.0 Å². The second kappa shape index (κ2) is 3.78. The molecule has 3 nitrogen and oxygen atoms in total. The van der Waals surface area contributed by atoms with Gasteiger partial charge in [0, 0.05) is 17.8 Å². The van der Waals surface area contributed by atoms with E-state index in [2.05, 4.69) is 6.07 Å². The highest BCUT2D eigenvalue weighted by atomic mass is 16.6. The van der Waals surface area contributed by atoms with Gasteiger partial charge in [0.2, 0.25) is 6.04 Å². The molecule has 0 saturated carbocycles. The molecule has 0 spiro atoms. The molecule has 0 aliphatic heterocycles. The Morgan fingerprint density at radius 3 is 2.71 bits per heavy atom. The summed E-state index contributed by atoms with van der Waals surface area (Å²) in [4.78, 5) is 10.6. The fourth-order valence-corrected chi connectivity index (χ4v) is 2.06. The van der Waals surface area contributed by atoms with Crippen LogP contribution in [0.3, 0.4) is 0 Å². The number of nitrogens with zero attached hydrogens (tertiary/aromatic N) is 1. The van der Waals surface area contributed by atoms with Crippen LogP contribution in [0.4, 0.5) is 0 Å². The number of aryl methyl sites for hydroxylation is 1. The Bertz CT molecular complexity index is 349. The molecule has 1 atom stereocenters. The van der Waals surface area contributed by atoms with E-state index in [1.807, 2.05) is 18.2 Å². The van der Waals surface area contributed by atoms with Gasteiger partial charge in [-0.3, -0.25) is 10.1 Å². The Morgan fingerprint density at radius 2 is 2.00 bits per heavy atom. The summed E-state index contributed by atoms with van der Waals surface area (Å²) in [6, 6.07) is 7.68. The van der Waals surface area contributed by atoms with Gasteiger partial charge in [0.05, 0.1) is 0 Å². The number of nitro groups is 1. The van der Waals surface area contributed by atoms with Crippen molar-refractivity contribution in [1.82, 2.24) is 0 Å². The average Bonchev–Trinajstić information content (AvgIpc) is 2.39. The Labute approximate surface area is 82.9 Å². The SMILES string of the molecule is O=[N+]([O-])C1CCCc2ccccc2C1. The van der Waals surface area contributed by atoms with Crippen LogP contribution in [0.5, 0.6) is 0 Å². The summed E-state index contributed by atoms with van der Waals surface area (Å²) in [6.45, 7) is 0. The molecule has 1 aliphatic carbocycles. The molecule has 1 aromatic carbocycles. The minimum atomic E-state index is -0.376. The summed E-state index contributed by atoms with van der Waals surface area (Å²) in [5, 5.41) is 10.7. The van der Waals surface area contributed by atoms with Crippen molar-refractivity contribution in [3.05, 3.63) is 45.5 Å². The van der Waals surface area contributed by atoms with Gasteiger partial charge in [-0.15, -0.1) is 0 Å². The lowest BCUT2D eigenvalue weighted by Gasteiger charge is -2.06. The summed E-state index contributed by atoms with van der Waals surface area (Å²) in [7, 11) is 0. The standard InChI is InChI=1S/C11H13NO2/c13-12(14)11-7-3-6-9-4-1-2-5-10(9)8-11/h1-2,4-5,11H,3,6-8H2. The molecule has 0 saturated heterocycles. The summed E-state index contributed by atoms with van der Waals surface area (Å²) in [6.07, 6.45) is 3.23. The lowest BCUT2D eigenvalue weighted by molar-refractivity contribution is -0.522. The van der Waals surface area contributed by atoms with E-state index in [0.29, 0.717) is 12.8 Å². The second-order valence-electron chi connectivity index (χ2n) is 3.80. The molecule has 0 N–H and O–H groups in total. The molecular weight excluding hydrogens is 178 g/mol. The van der Waals surface area contributed by atoms with Crippen LogP contribution in [0.15, 0.2) is 24.3 Å². The molecule has 0 fully saturated rings. The highest BCUT2D eigenvalue weighted by Gasteiger charge is 2.24. The average molecular weight is 191 g/mol. The largest absolute Gasteiger partial charge is 0.264 e. The van der Waals surface area contributed by atoms with E-state index in [1.54, 1.807) is 0 Å². The molecule has 0 radical (unpaired) electrons. The first-order chi connectivity index (χ1) is 6.77. The number of fused-ring (bicyclic) bond motifs is 1. The minimum Gasteiger partial charge on any atom is -0.264 e. The highest BCUT2D eigenvalue weighted by Crippen LogP contribution is 2.21. The van der Waals surface area contributed by atoms with Crippen molar-refractivity contribution in [3.63, 3.8) is 0 Å². The van der Waals surface area contributed by atoms with Crippen molar-refractivity contribution in [2.45, 2.75) is 31.7 Å². The summed E-state index contributed by atoms with van der Waals surface area (Å²) in [5.74, 6) is 0. The lowest BCUT2D eigenvalue weighted by Crippen LogP contribution is -2.21. The van der Waals surface area contributed by atoms with E-state index in [4.69, 9.17) is 0 Å². The fourth-order valence-electron chi connectivity index (χ4n) is 2.06. The first-order valence-electron chi connectivity index (χ1n) is 4.97. The second-order valence-corrected chi connectivity index (χ2v) is 3.80. The lowest BCUT2D eigenvalue weighted by atomic mass is 10.0. The third-order valence-corrected chi connectivity index (χ3v) is 2.86. The zero-order valence-electron chi connectivity index (χ0n) is 7.98. The van der Waals surface area contributed by atoms with Gasteiger partial charge >= 0.3 is 0 Å². The Kier molecular flexibility index (Phi) is 2.48. The molecule has 74 valence electrons. The molecule has 1 unspecified atom stereocenters. The molecule has 14 heavy (non-hydrogen) atoms. The predicted molar refractivity (Wildman–Crippen MR) is 53.9 cm³/mol. The van der Waals surface area contributed by atoms with Crippen molar-refractivity contribution in [2.24, 2.45) is 0 Å². The molecule has 0 aromatic heterocycles. The van der Waals surface area contributed by atoms with E-state index in [-0.39, 0.29) is 11.0 Å². The maximum atomic E-state index is 10.7. The molecule has 1 aliphatic rings. The number of rotatable bonds is 1. The van der Waals surface area contributed by atoms with Gasteiger partial charge < -0.3 is 0 Å². The van der Waals surface area contributed by atoms with Gasteiger partial charge in [-0.05, 0) is 24.0 Å². The normalized spacial score (nSPS) is 21.0. The molecule has 1 aromatic rings. The predicted octanol–water partition coefficient (Wildman–Crippen LogP) is 2.21. The minimum absolute atomic E-state index is 0.137. The molecule has 3 heteroatoms. The van der Waals surface area contributed by atoms with Gasteiger partial charge in [-0.25, -0.2) is 0 Å². The molecule has 0 amide bonds. The van der Waals surface area contributed by atoms with E-state index in [9.17, 15) is 10.1 Å². The number of hydrogen-bond donors (Lipinski definition) is 0. The quantitative estimate of drug-likeness (QED) is 0.388. The smallest absolute Gasteiger partial charge is 0.217 e. The van der Waals surface area contributed by atoms with Crippen molar-refractivity contribution < 1.29 is 4.92 Å². The zero-order valence-corrected chi connectivity index (χ0v) is 7.98. The maximum absolute atomic E-state index is 10.7. The molecule has 0 heterocycles. The van der Waals surface area contributed by atoms with E-state index < -0.39 is 0 Å². The highest BCUT2D eigenvalue weighted by molar-refractivity contribution is 5.28. The third-order valence-electron chi connectivity index (χ3n) is 2.86. The van der Waals surface area contributed by atoms with E-state index in [0.717, 1.165) is 18.4 Å². The van der Waals surface area contributed by atoms with Gasteiger partial charge in [0.15, 0.2) is 0 Å². The molecular formula is C11H13NO2. The van der Waals surface area contributed by atoms with Crippen LogP contribution in [0.1, 0.15) is 24.0 Å². The zero-order chi connectivity index (χ0) is 9.97. The topological polar surface area (TPSA) is 43.1 Å². The Morgan fingerprint density at radius 1 is 1.29 bits per heavy atom. The van der Waals surface area contributed by atoms with Crippen molar-refractivity contribution in [2.75, 3.05) is 0 Å². The fraction of sp³-hybridized carbons (Fsp3) is 0.455. The van der Waals surface area contributed by atoms with Crippen molar-refractivity contribution in [1.29, 1.82) is 0 Å². The first kappa shape index (κ1) is 9.19. The van der Waals surface area contributed by atoms with Gasteiger partial charge in [-0.2, -0.15) is 0 Å². The third kappa shape index (κ3) is 1.76. The summed E-state index contributed by atoms with van der Waals surface area (Å²) >= 11 is 0. The van der Waals surface area contributed by atoms with Crippen LogP contribution in [-0.2, 0) is 12.8 Å². The summed E-state index contributed by atoms with van der Waals surface area (Å²) in [5.41, 5.74) is 2.45. The number of benzene rings is 1. The van der Waals surface area contributed by atoms with Crippen LogP contribution in [0.2, 0.25) is 0 Å². The molecule has 0 bridgehead atoms. The van der Waals surface area contributed by atoms with Crippen LogP contribution in [0.25, 0.3) is 0 Å². The van der Waals surface area contributed by atoms with Gasteiger partial charge in [0.25, 0.3) is 0 Å². The summed E-state index contributed by atoms with van der Waals surface area (Å²) < 4.78 is 0. The van der Waals surface area contributed by atoms with Gasteiger partial charge in [-0.1, -0.05) is 24.3 Å². The van der Waals surface area contributed by atoms with Crippen molar-refractivity contribution >= 4 is 0 Å². The van der Waals surface area contributed by atoms with E-state index >= 15 is 0 Å². The monoisotopic (exact) mass is 191 g/mol. The van der Waals surface area contributed by atoms with Crippen LogP contribution < -0.4 is 0 Å². The van der Waals surface area contributed by atoms with Crippen LogP contribution >= 0.6 is 0 Å². The number of hydrogen-bond acceptors (Lipinski definition) is 2. The van der Waals surface area contributed by atoms with Crippen LogP contribution in [0, 0.1) is 10.1 Å². The first-order valence-corrected chi connectivity index (χ1v) is 4.97. The van der Waals surface area contributed by atoms with Crippen molar-refractivity contribution in [3.8, 4) is 0 Å². The van der Waals surface area contributed by atoms with E-state index in [1.165, 1.54) is 5.56 Å². The molecule has 2 rings (SSSR count).